The molecule has 0 aliphatic rings. The lowest BCUT2D eigenvalue weighted by atomic mass is 10.0. The number of amides is 1. The number of carbonyl (C=O) groups is 1. The van der Waals surface area contributed by atoms with Gasteiger partial charge in [-0.25, -0.2) is 0 Å². The first kappa shape index (κ1) is 12.6. The summed E-state index contributed by atoms with van der Waals surface area (Å²) in [5.74, 6) is -0.282. The Labute approximate surface area is 107 Å². The van der Waals surface area contributed by atoms with E-state index in [-0.39, 0.29) is 5.91 Å². The maximum absolute atomic E-state index is 10.8. The van der Waals surface area contributed by atoms with E-state index in [1.54, 1.807) is 0 Å². The predicted molar refractivity (Wildman–Crippen MR) is 73.5 cm³/mol. The number of rotatable bonds is 3. The minimum Gasteiger partial charge on any atom is -0.370 e. The van der Waals surface area contributed by atoms with E-state index in [0.717, 1.165) is 11.2 Å². The number of primary amides is 1. The van der Waals surface area contributed by atoms with Crippen LogP contribution in [0.3, 0.4) is 0 Å². The number of fused-ring (bicyclic) bond motifs is 1. The summed E-state index contributed by atoms with van der Waals surface area (Å²) in [7, 11) is 0. The second-order valence-corrected chi connectivity index (χ2v) is 4.87. The Kier molecular flexibility index (Phi) is 3.32. The molecule has 3 heteroatoms. The minimum absolute atomic E-state index is 0.282. The molecular weight excluding hydrogens is 224 g/mol. The van der Waals surface area contributed by atoms with Crippen LogP contribution in [0.25, 0.3) is 10.9 Å². The molecule has 0 aliphatic heterocycles. The summed E-state index contributed by atoms with van der Waals surface area (Å²) in [6, 6.07) is 6.30. The van der Waals surface area contributed by atoms with Crippen molar-refractivity contribution in [2.24, 2.45) is 5.73 Å². The van der Waals surface area contributed by atoms with Crippen LogP contribution in [0.1, 0.15) is 28.8 Å². The highest BCUT2D eigenvalue weighted by Crippen LogP contribution is 2.23. The molecule has 3 nitrogen and oxygen atoms in total. The number of benzene rings is 1. The van der Waals surface area contributed by atoms with Crippen LogP contribution in [-0.4, -0.2) is 10.9 Å². The Balaban J connectivity index is 2.51. The molecule has 1 heterocycles. The van der Waals surface area contributed by atoms with E-state index < -0.39 is 0 Å². The molecule has 2 aromatic rings. The molecule has 0 atom stereocenters. The summed E-state index contributed by atoms with van der Waals surface area (Å²) < 4.78 is 0. The number of hydrogen-bond acceptors (Lipinski definition) is 2. The van der Waals surface area contributed by atoms with Crippen LogP contribution in [0.15, 0.2) is 18.2 Å². The third-order valence-corrected chi connectivity index (χ3v) is 3.13. The van der Waals surface area contributed by atoms with Gasteiger partial charge in [-0.05, 0) is 56.0 Å². The van der Waals surface area contributed by atoms with Gasteiger partial charge in [-0.3, -0.25) is 9.78 Å². The van der Waals surface area contributed by atoms with Gasteiger partial charge in [-0.1, -0.05) is 6.07 Å². The highest BCUT2D eigenvalue weighted by atomic mass is 16.1. The van der Waals surface area contributed by atoms with Gasteiger partial charge in [0.2, 0.25) is 5.91 Å². The molecule has 0 unspecified atom stereocenters. The Morgan fingerprint density at radius 1 is 1.17 bits per heavy atom. The van der Waals surface area contributed by atoms with Crippen molar-refractivity contribution in [1.29, 1.82) is 0 Å². The van der Waals surface area contributed by atoms with Crippen molar-refractivity contribution in [1.82, 2.24) is 4.98 Å². The first-order valence-electron chi connectivity index (χ1n) is 6.13. The number of hydrogen-bond donors (Lipinski definition) is 1. The molecule has 0 spiro atoms. The molecule has 0 fully saturated rings. The van der Waals surface area contributed by atoms with Gasteiger partial charge in [0.15, 0.2) is 0 Å². The summed E-state index contributed by atoms with van der Waals surface area (Å²) >= 11 is 0. The minimum atomic E-state index is -0.282. The molecule has 0 saturated heterocycles. The van der Waals surface area contributed by atoms with E-state index in [2.05, 4.69) is 37.9 Å². The molecule has 0 saturated carbocycles. The average molecular weight is 242 g/mol. The van der Waals surface area contributed by atoms with Crippen LogP contribution in [-0.2, 0) is 11.2 Å². The summed E-state index contributed by atoms with van der Waals surface area (Å²) in [6.07, 6.45) is 0.960. The second kappa shape index (κ2) is 4.77. The maximum Gasteiger partial charge on any atom is 0.217 e. The smallest absolute Gasteiger partial charge is 0.217 e. The molecule has 94 valence electrons. The lowest BCUT2D eigenvalue weighted by molar-refractivity contribution is -0.118. The fourth-order valence-corrected chi connectivity index (χ4v) is 2.43. The molecule has 18 heavy (non-hydrogen) atoms. The Bertz CT molecular complexity index is 617. The number of aryl methyl sites for hydroxylation is 4. The number of nitrogens with zero attached hydrogens (tertiary/aromatic N) is 1. The van der Waals surface area contributed by atoms with Crippen LogP contribution in [0.5, 0.6) is 0 Å². The molecule has 1 aromatic carbocycles. The van der Waals surface area contributed by atoms with Crippen molar-refractivity contribution in [2.45, 2.75) is 33.6 Å². The van der Waals surface area contributed by atoms with E-state index in [9.17, 15) is 4.79 Å². The molecular formula is C15H18N2O. The predicted octanol–water partition coefficient (Wildman–Crippen LogP) is 2.58. The Hall–Kier alpha value is -1.90. The van der Waals surface area contributed by atoms with Crippen LogP contribution in [0, 0.1) is 20.8 Å². The van der Waals surface area contributed by atoms with E-state index in [4.69, 9.17) is 5.73 Å². The van der Waals surface area contributed by atoms with Gasteiger partial charge >= 0.3 is 0 Å². The van der Waals surface area contributed by atoms with Gasteiger partial charge in [0.05, 0.1) is 5.52 Å². The fraction of sp³-hybridized carbons (Fsp3) is 0.333. The van der Waals surface area contributed by atoms with E-state index in [1.807, 2.05) is 6.07 Å². The molecule has 2 N–H and O–H groups in total. The van der Waals surface area contributed by atoms with Gasteiger partial charge < -0.3 is 5.73 Å². The van der Waals surface area contributed by atoms with Crippen molar-refractivity contribution in [3.05, 3.63) is 40.6 Å². The van der Waals surface area contributed by atoms with Gasteiger partial charge in [0, 0.05) is 17.5 Å². The number of nitrogens with two attached hydrogens (primary N) is 1. The fourth-order valence-electron chi connectivity index (χ4n) is 2.43. The SMILES string of the molecule is Cc1cc(C)c2c(C)cc(CCC(N)=O)nc2c1. The Morgan fingerprint density at radius 3 is 2.50 bits per heavy atom. The molecule has 0 radical (unpaired) electrons. The van der Waals surface area contributed by atoms with Crippen molar-refractivity contribution in [2.75, 3.05) is 0 Å². The quantitative estimate of drug-likeness (QED) is 0.899. The molecule has 2 rings (SSSR count). The number of aromatic nitrogens is 1. The maximum atomic E-state index is 10.8. The molecule has 1 amide bonds. The van der Waals surface area contributed by atoms with Crippen molar-refractivity contribution >= 4 is 16.8 Å². The van der Waals surface area contributed by atoms with Crippen molar-refractivity contribution in [3.8, 4) is 0 Å². The normalized spacial score (nSPS) is 10.8. The second-order valence-electron chi connectivity index (χ2n) is 4.87. The molecule has 0 bridgehead atoms. The summed E-state index contributed by atoms with van der Waals surface area (Å²) in [5.41, 5.74) is 10.8. The summed E-state index contributed by atoms with van der Waals surface area (Å²) in [6.45, 7) is 6.26. The van der Waals surface area contributed by atoms with Gasteiger partial charge in [-0.2, -0.15) is 0 Å². The third kappa shape index (κ3) is 2.50. The van der Waals surface area contributed by atoms with Crippen LogP contribution < -0.4 is 5.73 Å². The average Bonchev–Trinajstić information content (AvgIpc) is 2.24. The van der Waals surface area contributed by atoms with Crippen LogP contribution in [0.2, 0.25) is 0 Å². The highest BCUT2D eigenvalue weighted by molar-refractivity contribution is 5.86. The summed E-state index contributed by atoms with van der Waals surface area (Å²) in [4.78, 5) is 15.4. The van der Waals surface area contributed by atoms with Gasteiger partial charge in [0.1, 0.15) is 0 Å². The van der Waals surface area contributed by atoms with Crippen LogP contribution in [0.4, 0.5) is 0 Å². The zero-order valence-corrected chi connectivity index (χ0v) is 11.1. The number of pyridine rings is 1. The van der Waals surface area contributed by atoms with Gasteiger partial charge in [0.25, 0.3) is 0 Å². The molecule has 0 aliphatic carbocycles. The highest BCUT2D eigenvalue weighted by Gasteiger charge is 2.07. The lowest BCUT2D eigenvalue weighted by Crippen LogP contribution is -2.11. The van der Waals surface area contributed by atoms with Crippen molar-refractivity contribution < 1.29 is 4.79 Å². The van der Waals surface area contributed by atoms with E-state index in [1.165, 1.54) is 22.1 Å². The zero-order valence-electron chi connectivity index (χ0n) is 11.1. The van der Waals surface area contributed by atoms with Crippen molar-refractivity contribution in [3.63, 3.8) is 0 Å². The standard InChI is InChI=1S/C15H18N2O/c1-9-6-10(2)15-11(3)8-12(4-5-14(16)18)17-13(15)7-9/h6-8H,4-5H2,1-3H3,(H2,16,18). The molecule has 1 aromatic heterocycles. The van der Waals surface area contributed by atoms with Gasteiger partial charge in [-0.15, -0.1) is 0 Å². The summed E-state index contributed by atoms with van der Waals surface area (Å²) in [5, 5.41) is 1.21. The lowest BCUT2D eigenvalue weighted by Gasteiger charge is -2.09. The Morgan fingerprint density at radius 2 is 1.83 bits per heavy atom. The third-order valence-electron chi connectivity index (χ3n) is 3.13. The topological polar surface area (TPSA) is 56.0 Å². The number of carbonyl (C=O) groups excluding carboxylic acids is 1. The van der Waals surface area contributed by atoms with E-state index in [0.29, 0.717) is 12.8 Å². The largest absolute Gasteiger partial charge is 0.370 e. The first-order chi connectivity index (χ1) is 8.47. The van der Waals surface area contributed by atoms with Crippen LogP contribution >= 0.6 is 0 Å². The first-order valence-corrected chi connectivity index (χ1v) is 6.13. The zero-order chi connectivity index (χ0) is 13.3. The monoisotopic (exact) mass is 242 g/mol. The van der Waals surface area contributed by atoms with E-state index >= 15 is 0 Å².